The van der Waals surface area contributed by atoms with Gasteiger partial charge in [0.2, 0.25) is 0 Å². The zero-order chi connectivity index (χ0) is 8.15. The standard InChI is InChI=1S/C5H9O4P/c6-4(7)3(1-2-10)5(8)9/h3H,1-2,10H2,(H,6,7)(H,8,9). The van der Waals surface area contributed by atoms with Gasteiger partial charge in [0, 0.05) is 0 Å². The van der Waals surface area contributed by atoms with Gasteiger partial charge in [0.25, 0.3) is 0 Å². The Balaban J connectivity index is 3.98. The minimum Gasteiger partial charge on any atom is -0.481 e. The largest absolute Gasteiger partial charge is 0.481 e. The van der Waals surface area contributed by atoms with Crippen molar-refractivity contribution in [2.75, 3.05) is 6.16 Å². The molecule has 0 aliphatic carbocycles. The van der Waals surface area contributed by atoms with Crippen LogP contribution in [0, 0.1) is 5.92 Å². The molecule has 0 saturated heterocycles. The molecule has 0 saturated carbocycles. The summed E-state index contributed by atoms with van der Waals surface area (Å²) in [5.74, 6) is -3.79. The fourth-order valence-electron chi connectivity index (χ4n) is 0.519. The molecule has 0 rings (SSSR count). The van der Waals surface area contributed by atoms with E-state index in [-0.39, 0.29) is 6.42 Å². The first-order chi connectivity index (χ1) is 4.59. The Morgan fingerprint density at radius 2 is 1.70 bits per heavy atom. The van der Waals surface area contributed by atoms with Crippen LogP contribution >= 0.6 is 9.24 Å². The van der Waals surface area contributed by atoms with Crippen molar-refractivity contribution in [1.82, 2.24) is 0 Å². The Hall–Kier alpha value is -0.630. The molecule has 1 atom stereocenters. The van der Waals surface area contributed by atoms with E-state index in [2.05, 4.69) is 9.24 Å². The molecule has 0 fully saturated rings. The molecule has 10 heavy (non-hydrogen) atoms. The van der Waals surface area contributed by atoms with Gasteiger partial charge in [-0.15, -0.1) is 9.24 Å². The third-order valence-corrected chi connectivity index (χ3v) is 1.38. The molecular formula is C5H9O4P. The second-order valence-corrected chi connectivity index (χ2v) is 2.38. The van der Waals surface area contributed by atoms with Crippen LogP contribution in [0.15, 0.2) is 0 Å². The Bertz CT molecular complexity index is 131. The molecule has 0 aromatic heterocycles. The van der Waals surface area contributed by atoms with Crippen molar-refractivity contribution in [1.29, 1.82) is 0 Å². The number of carboxylic acid groups (broad SMARTS) is 2. The summed E-state index contributed by atoms with van der Waals surface area (Å²) >= 11 is 0. The van der Waals surface area contributed by atoms with Crippen LogP contribution < -0.4 is 0 Å². The SMILES string of the molecule is O=C(O)C(CCP)C(=O)O. The Morgan fingerprint density at radius 3 is 1.80 bits per heavy atom. The average Bonchev–Trinajstić information content (AvgIpc) is 1.81. The second kappa shape index (κ2) is 4.23. The number of hydrogen-bond acceptors (Lipinski definition) is 2. The van der Waals surface area contributed by atoms with Crippen molar-refractivity contribution in [3.63, 3.8) is 0 Å². The molecule has 0 bridgehead atoms. The van der Waals surface area contributed by atoms with E-state index in [0.29, 0.717) is 6.16 Å². The third kappa shape index (κ3) is 2.78. The maximum Gasteiger partial charge on any atom is 0.317 e. The summed E-state index contributed by atoms with van der Waals surface area (Å²) in [4.78, 5) is 20.3. The highest BCUT2D eigenvalue weighted by atomic mass is 31.0. The lowest BCUT2D eigenvalue weighted by atomic mass is 10.1. The van der Waals surface area contributed by atoms with E-state index in [1.165, 1.54) is 0 Å². The van der Waals surface area contributed by atoms with E-state index in [1.54, 1.807) is 0 Å². The van der Waals surface area contributed by atoms with Gasteiger partial charge < -0.3 is 10.2 Å². The van der Waals surface area contributed by atoms with Gasteiger partial charge in [0.15, 0.2) is 5.92 Å². The number of carboxylic acids is 2. The van der Waals surface area contributed by atoms with Crippen LogP contribution in [0.5, 0.6) is 0 Å². The van der Waals surface area contributed by atoms with Crippen LogP contribution in [0.4, 0.5) is 0 Å². The van der Waals surface area contributed by atoms with Gasteiger partial charge in [-0.25, -0.2) is 0 Å². The van der Waals surface area contributed by atoms with Gasteiger partial charge >= 0.3 is 11.9 Å². The molecule has 0 heterocycles. The molecule has 0 radical (unpaired) electrons. The zero-order valence-electron chi connectivity index (χ0n) is 5.28. The summed E-state index contributed by atoms with van der Waals surface area (Å²) in [5, 5.41) is 16.6. The van der Waals surface area contributed by atoms with Gasteiger partial charge in [-0.1, -0.05) is 0 Å². The molecule has 4 nitrogen and oxygen atoms in total. The molecule has 0 aromatic carbocycles. The van der Waals surface area contributed by atoms with Crippen molar-refractivity contribution in [3.8, 4) is 0 Å². The summed E-state index contributed by atoms with van der Waals surface area (Å²) in [7, 11) is 2.29. The number of aliphatic carboxylic acids is 2. The Labute approximate surface area is 60.4 Å². The van der Waals surface area contributed by atoms with Crippen molar-refractivity contribution >= 4 is 21.2 Å². The molecule has 0 aliphatic rings. The van der Waals surface area contributed by atoms with Gasteiger partial charge in [0.05, 0.1) is 0 Å². The first kappa shape index (κ1) is 9.37. The summed E-state index contributed by atoms with van der Waals surface area (Å²) < 4.78 is 0. The smallest absolute Gasteiger partial charge is 0.317 e. The van der Waals surface area contributed by atoms with Gasteiger partial charge in [-0.3, -0.25) is 9.59 Å². The minimum absolute atomic E-state index is 0.162. The zero-order valence-corrected chi connectivity index (χ0v) is 6.43. The van der Waals surface area contributed by atoms with Crippen molar-refractivity contribution in [3.05, 3.63) is 0 Å². The van der Waals surface area contributed by atoms with Crippen LogP contribution in [0.1, 0.15) is 6.42 Å². The van der Waals surface area contributed by atoms with Crippen LogP contribution in [0.3, 0.4) is 0 Å². The van der Waals surface area contributed by atoms with E-state index >= 15 is 0 Å². The highest BCUT2D eigenvalue weighted by Gasteiger charge is 2.23. The molecule has 0 amide bonds. The van der Waals surface area contributed by atoms with Crippen LogP contribution in [-0.2, 0) is 9.59 Å². The normalized spacial score (nSPS) is 9.80. The molecule has 1 unspecified atom stereocenters. The van der Waals surface area contributed by atoms with Gasteiger partial charge in [-0.2, -0.15) is 0 Å². The van der Waals surface area contributed by atoms with E-state index < -0.39 is 17.9 Å². The summed E-state index contributed by atoms with van der Waals surface area (Å²) in [6.45, 7) is 0. The maximum atomic E-state index is 10.1. The van der Waals surface area contributed by atoms with Crippen LogP contribution in [0.2, 0.25) is 0 Å². The monoisotopic (exact) mass is 164 g/mol. The van der Waals surface area contributed by atoms with E-state index in [0.717, 1.165) is 0 Å². The van der Waals surface area contributed by atoms with E-state index in [4.69, 9.17) is 10.2 Å². The average molecular weight is 164 g/mol. The lowest BCUT2D eigenvalue weighted by Crippen LogP contribution is -2.23. The maximum absolute atomic E-state index is 10.1. The van der Waals surface area contributed by atoms with Gasteiger partial charge in [0.1, 0.15) is 0 Å². The molecule has 0 aliphatic heterocycles. The molecule has 2 N–H and O–H groups in total. The Kier molecular flexibility index (Phi) is 3.96. The first-order valence-corrected chi connectivity index (χ1v) is 3.57. The van der Waals surface area contributed by atoms with Crippen LogP contribution in [0.25, 0.3) is 0 Å². The first-order valence-electron chi connectivity index (χ1n) is 2.75. The fourth-order valence-corrected chi connectivity index (χ4v) is 0.853. The second-order valence-electron chi connectivity index (χ2n) is 1.81. The lowest BCUT2D eigenvalue weighted by molar-refractivity contribution is -0.154. The highest BCUT2D eigenvalue weighted by Crippen LogP contribution is 2.05. The predicted octanol–water partition coefficient (Wildman–Crippen LogP) is 0.0370. The molecule has 5 heteroatoms. The van der Waals surface area contributed by atoms with Gasteiger partial charge in [-0.05, 0) is 12.6 Å². The summed E-state index contributed by atoms with van der Waals surface area (Å²) in [6.07, 6.45) is 0.651. The number of carbonyl (C=O) groups is 2. The summed E-state index contributed by atoms with van der Waals surface area (Å²) in [5.41, 5.74) is 0. The quantitative estimate of drug-likeness (QED) is 0.454. The fraction of sp³-hybridized carbons (Fsp3) is 0.600. The minimum atomic E-state index is -1.27. The summed E-state index contributed by atoms with van der Waals surface area (Å²) in [6, 6.07) is 0. The van der Waals surface area contributed by atoms with E-state index in [1.807, 2.05) is 0 Å². The Morgan fingerprint density at radius 1 is 1.30 bits per heavy atom. The topological polar surface area (TPSA) is 74.6 Å². The highest BCUT2D eigenvalue weighted by molar-refractivity contribution is 7.16. The third-order valence-electron chi connectivity index (χ3n) is 1.05. The molecular weight excluding hydrogens is 155 g/mol. The predicted molar refractivity (Wildman–Crippen MR) is 38.0 cm³/mol. The number of rotatable bonds is 4. The van der Waals surface area contributed by atoms with Crippen molar-refractivity contribution in [2.24, 2.45) is 5.92 Å². The molecule has 0 aromatic rings. The number of hydrogen-bond donors (Lipinski definition) is 2. The van der Waals surface area contributed by atoms with Crippen molar-refractivity contribution < 1.29 is 19.8 Å². The van der Waals surface area contributed by atoms with Crippen molar-refractivity contribution in [2.45, 2.75) is 6.42 Å². The van der Waals surface area contributed by atoms with Crippen LogP contribution in [-0.4, -0.2) is 28.3 Å². The molecule has 58 valence electrons. The van der Waals surface area contributed by atoms with E-state index in [9.17, 15) is 9.59 Å². The lowest BCUT2D eigenvalue weighted by Gasteiger charge is -2.02. The molecule has 0 spiro atoms.